The highest BCUT2D eigenvalue weighted by Gasteiger charge is 2.27. The van der Waals surface area contributed by atoms with Gasteiger partial charge in [0.15, 0.2) is 0 Å². The van der Waals surface area contributed by atoms with Crippen molar-refractivity contribution in [2.75, 3.05) is 20.2 Å². The van der Waals surface area contributed by atoms with Crippen LogP contribution in [0.25, 0.3) is 0 Å². The topological polar surface area (TPSA) is 40.5 Å². The Balaban J connectivity index is 2.35. The van der Waals surface area contributed by atoms with Crippen LogP contribution < -0.4 is 0 Å². The number of carbonyl (C=O) groups excluding carboxylic acids is 1. The number of carbonyl (C=O) groups is 1. The number of hydrogen-bond donors (Lipinski definition) is 1. The molecule has 0 radical (unpaired) electrons. The molecule has 1 N–H and O–H groups in total. The molecule has 1 saturated carbocycles. The molecular formula is C14H27NO2. The molecule has 100 valence electrons. The van der Waals surface area contributed by atoms with Crippen LogP contribution in [0.1, 0.15) is 46.0 Å². The number of hydrogen-bond acceptors (Lipinski definition) is 2. The van der Waals surface area contributed by atoms with E-state index in [-0.39, 0.29) is 12.5 Å². The minimum absolute atomic E-state index is 0.230. The van der Waals surface area contributed by atoms with E-state index in [1.54, 1.807) is 0 Å². The third kappa shape index (κ3) is 4.66. The van der Waals surface area contributed by atoms with E-state index in [4.69, 9.17) is 5.11 Å². The van der Waals surface area contributed by atoms with E-state index in [1.165, 1.54) is 0 Å². The van der Waals surface area contributed by atoms with Gasteiger partial charge in [-0.2, -0.15) is 0 Å². The van der Waals surface area contributed by atoms with Crippen LogP contribution >= 0.6 is 0 Å². The molecule has 0 aromatic carbocycles. The van der Waals surface area contributed by atoms with Crippen molar-refractivity contribution < 1.29 is 9.90 Å². The Labute approximate surface area is 105 Å². The lowest BCUT2D eigenvalue weighted by Crippen LogP contribution is -2.37. The van der Waals surface area contributed by atoms with Crippen LogP contribution in [-0.4, -0.2) is 36.1 Å². The molecular weight excluding hydrogens is 214 g/mol. The predicted octanol–water partition coefficient (Wildman–Crippen LogP) is 2.29. The summed E-state index contributed by atoms with van der Waals surface area (Å²) in [5.41, 5.74) is 0. The predicted molar refractivity (Wildman–Crippen MR) is 69.6 cm³/mol. The van der Waals surface area contributed by atoms with Crippen LogP contribution in [0.15, 0.2) is 0 Å². The Hall–Kier alpha value is -0.570. The summed E-state index contributed by atoms with van der Waals surface area (Å²) in [4.78, 5) is 14.1. The quantitative estimate of drug-likeness (QED) is 0.802. The van der Waals surface area contributed by atoms with Gasteiger partial charge in [-0.3, -0.25) is 4.79 Å². The van der Waals surface area contributed by atoms with Gasteiger partial charge in [-0.15, -0.1) is 0 Å². The molecule has 17 heavy (non-hydrogen) atoms. The van der Waals surface area contributed by atoms with Crippen molar-refractivity contribution in [3.63, 3.8) is 0 Å². The molecule has 0 aromatic heterocycles. The molecule has 0 atom stereocenters. The first-order valence-corrected chi connectivity index (χ1v) is 6.90. The lowest BCUT2D eigenvalue weighted by molar-refractivity contribution is -0.136. The zero-order valence-corrected chi connectivity index (χ0v) is 11.5. The Kier molecular flexibility index (Phi) is 5.96. The lowest BCUT2D eigenvalue weighted by Gasteiger charge is -2.31. The normalized spacial score (nSPS) is 25.0. The van der Waals surface area contributed by atoms with Crippen molar-refractivity contribution >= 4 is 5.91 Å². The molecule has 3 heteroatoms. The molecule has 0 heterocycles. The Bertz CT molecular complexity index is 232. The average Bonchev–Trinajstić information content (AvgIpc) is 2.28. The van der Waals surface area contributed by atoms with Gasteiger partial charge in [-0.05, 0) is 43.9 Å². The molecule has 0 aliphatic heterocycles. The van der Waals surface area contributed by atoms with Crippen LogP contribution in [-0.2, 0) is 4.79 Å². The van der Waals surface area contributed by atoms with Crippen molar-refractivity contribution in [2.45, 2.75) is 46.0 Å². The molecule has 0 spiro atoms. The Morgan fingerprint density at radius 3 is 2.35 bits per heavy atom. The lowest BCUT2D eigenvalue weighted by atomic mass is 9.80. The standard InChI is InChI=1S/C14H27NO2/c1-11(2)10-15(3)14(17)13-6-4-12(5-7-13)8-9-16/h11-13,16H,4-10H2,1-3H3. The van der Waals surface area contributed by atoms with E-state index in [1.807, 2.05) is 11.9 Å². The second-order valence-corrected chi connectivity index (χ2v) is 5.84. The van der Waals surface area contributed by atoms with Crippen molar-refractivity contribution in [1.82, 2.24) is 4.90 Å². The van der Waals surface area contributed by atoms with Gasteiger partial charge >= 0.3 is 0 Å². The van der Waals surface area contributed by atoms with Gasteiger partial charge in [0.05, 0.1) is 0 Å². The van der Waals surface area contributed by atoms with Crippen LogP contribution in [0.4, 0.5) is 0 Å². The van der Waals surface area contributed by atoms with E-state index < -0.39 is 0 Å². The van der Waals surface area contributed by atoms with Gasteiger partial charge in [0.2, 0.25) is 5.91 Å². The van der Waals surface area contributed by atoms with Gasteiger partial charge in [0.1, 0.15) is 0 Å². The minimum atomic E-state index is 0.230. The second-order valence-electron chi connectivity index (χ2n) is 5.84. The number of aliphatic hydroxyl groups excluding tert-OH is 1. The highest BCUT2D eigenvalue weighted by molar-refractivity contribution is 5.78. The first kappa shape index (κ1) is 14.5. The van der Waals surface area contributed by atoms with Crippen LogP contribution in [0.2, 0.25) is 0 Å². The van der Waals surface area contributed by atoms with Gasteiger partial charge in [0, 0.05) is 26.1 Å². The van der Waals surface area contributed by atoms with Gasteiger partial charge in [0.25, 0.3) is 0 Å². The molecule has 1 rings (SSSR count). The summed E-state index contributed by atoms with van der Waals surface area (Å²) in [6, 6.07) is 0. The molecule has 0 bridgehead atoms. The molecule has 0 unspecified atom stereocenters. The molecule has 3 nitrogen and oxygen atoms in total. The highest BCUT2D eigenvalue weighted by Crippen LogP contribution is 2.31. The maximum atomic E-state index is 12.2. The fourth-order valence-corrected chi connectivity index (χ4v) is 2.83. The first-order chi connectivity index (χ1) is 8.04. The highest BCUT2D eigenvalue weighted by atomic mass is 16.3. The van der Waals surface area contributed by atoms with Crippen molar-refractivity contribution in [1.29, 1.82) is 0 Å². The summed E-state index contributed by atoms with van der Waals surface area (Å²) in [6.07, 6.45) is 5.12. The third-order valence-electron chi connectivity index (χ3n) is 3.75. The van der Waals surface area contributed by atoms with Crippen LogP contribution in [0.3, 0.4) is 0 Å². The van der Waals surface area contributed by atoms with Crippen molar-refractivity contribution in [2.24, 2.45) is 17.8 Å². The average molecular weight is 241 g/mol. The number of amides is 1. The molecule has 1 aliphatic rings. The first-order valence-electron chi connectivity index (χ1n) is 6.90. The minimum Gasteiger partial charge on any atom is -0.396 e. The molecule has 0 aromatic rings. The zero-order chi connectivity index (χ0) is 12.8. The van der Waals surface area contributed by atoms with Crippen molar-refractivity contribution in [3.05, 3.63) is 0 Å². The Morgan fingerprint density at radius 2 is 1.88 bits per heavy atom. The maximum absolute atomic E-state index is 12.2. The molecule has 1 fully saturated rings. The molecule has 0 saturated heterocycles. The smallest absolute Gasteiger partial charge is 0.225 e. The summed E-state index contributed by atoms with van der Waals surface area (Å²) >= 11 is 0. The van der Waals surface area contributed by atoms with E-state index in [9.17, 15) is 4.79 Å². The fourth-order valence-electron chi connectivity index (χ4n) is 2.83. The largest absolute Gasteiger partial charge is 0.396 e. The SMILES string of the molecule is CC(C)CN(C)C(=O)C1CCC(CCO)CC1. The second kappa shape index (κ2) is 7.00. The van der Waals surface area contributed by atoms with Gasteiger partial charge < -0.3 is 10.0 Å². The van der Waals surface area contributed by atoms with Gasteiger partial charge in [-0.25, -0.2) is 0 Å². The summed E-state index contributed by atoms with van der Waals surface area (Å²) in [7, 11) is 1.92. The van der Waals surface area contributed by atoms with E-state index in [0.717, 1.165) is 38.6 Å². The van der Waals surface area contributed by atoms with Crippen LogP contribution in [0, 0.1) is 17.8 Å². The molecule has 1 aliphatic carbocycles. The zero-order valence-electron chi connectivity index (χ0n) is 11.5. The number of rotatable bonds is 5. The van der Waals surface area contributed by atoms with E-state index >= 15 is 0 Å². The monoisotopic (exact) mass is 241 g/mol. The van der Waals surface area contributed by atoms with Crippen molar-refractivity contribution in [3.8, 4) is 0 Å². The maximum Gasteiger partial charge on any atom is 0.225 e. The third-order valence-corrected chi connectivity index (χ3v) is 3.75. The number of aliphatic hydroxyl groups is 1. The van der Waals surface area contributed by atoms with Gasteiger partial charge in [-0.1, -0.05) is 13.8 Å². The summed E-state index contributed by atoms with van der Waals surface area (Å²) in [5.74, 6) is 1.73. The summed E-state index contributed by atoms with van der Waals surface area (Å²) in [6.45, 7) is 5.43. The fraction of sp³-hybridized carbons (Fsp3) is 0.929. The Morgan fingerprint density at radius 1 is 1.29 bits per heavy atom. The summed E-state index contributed by atoms with van der Waals surface area (Å²) < 4.78 is 0. The summed E-state index contributed by atoms with van der Waals surface area (Å²) in [5, 5.41) is 8.91. The van der Waals surface area contributed by atoms with Crippen LogP contribution in [0.5, 0.6) is 0 Å². The van der Waals surface area contributed by atoms with E-state index in [2.05, 4.69) is 13.8 Å². The number of nitrogens with zero attached hydrogens (tertiary/aromatic N) is 1. The van der Waals surface area contributed by atoms with E-state index in [0.29, 0.717) is 17.7 Å². The molecule has 1 amide bonds.